The molecular formula is C20H33O7P2-3. The van der Waals surface area contributed by atoms with E-state index >= 15 is 0 Å². The maximum atomic E-state index is 11.3. The van der Waals surface area contributed by atoms with Gasteiger partial charge in [-0.05, 0) is 68.1 Å². The molecule has 0 aromatic heterocycles. The molecule has 0 N–H and O–H groups in total. The number of phosphoric acid groups is 2. The molecule has 7 nitrogen and oxygen atoms in total. The number of phosphoric ester groups is 1. The van der Waals surface area contributed by atoms with Gasteiger partial charge in [0, 0.05) is 0 Å². The minimum Gasteiger partial charge on any atom is -0.790 e. The van der Waals surface area contributed by atoms with Crippen molar-refractivity contribution < 1.29 is 32.6 Å². The van der Waals surface area contributed by atoms with Crippen LogP contribution in [0.25, 0.3) is 0 Å². The molecule has 0 aromatic rings. The Bertz CT molecular complexity index is 739. The van der Waals surface area contributed by atoms with Gasteiger partial charge in [0.2, 0.25) is 0 Å². The molecule has 2 aliphatic carbocycles. The summed E-state index contributed by atoms with van der Waals surface area (Å²) >= 11 is 0. The molecule has 0 aromatic carbocycles. The largest absolute Gasteiger partial charge is 0.790 e. The molecule has 9 heteroatoms. The Morgan fingerprint density at radius 1 is 1.24 bits per heavy atom. The first-order chi connectivity index (χ1) is 13.2. The second-order valence-corrected chi connectivity index (χ2v) is 12.2. The average Bonchev–Trinajstić information content (AvgIpc) is 2.50. The van der Waals surface area contributed by atoms with E-state index in [-0.39, 0.29) is 12.0 Å². The maximum absolute atomic E-state index is 11.3. The summed E-state index contributed by atoms with van der Waals surface area (Å²) in [6.45, 7) is 13.0. The van der Waals surface area contributed by atoms with Crippen LogP contribution in [0, 0.1) is 22.7 Å². The van der Waals surface area contributed by atoms with E-state index in [0.29, 0.717) is 17.3 Å². The summed E-state index contributed by atoms with van der Waals surface area (Å²) in [4.78, 5) is 32.1. The van der Waals surface area contributed by atoms with Crippen LogP contribution in [0.4, 0.5) is 0 Å². The monoisotopic (exact) mass is 447 g/mol. The van der Waals surface area contributed by atoms with Crippen LogP contribution >= 0.6 is 15.6 Å². The van der Waals surface area contributed by atoms with E-state index in [1.165, 1.54) is 31.3 Å². The van der Waals surface area contributed by atoms with Crippen molar-refractivity contribution in [3.05, 3.63) is 23.8 Å². The zero-order valence-electron chi connectivity index (χ0n) is 17.8. The smallest absolute Gasteiger partial charge is 0.272 e. The van der Waals surface area contributed by atoms with Gasteiger partial charge in [0.05, 0.1) is 14.4 Å². The van der Waals surface area contributed by atoms with Crippen LogP contribution in [0.3, 0.4) is 0 Å². The van der Waals surface area contributed by atoms with Gasteiger partial charge in [0.15, 0.2) is 0 Å². The predicted molar refractivity (Wildman–Crippen MR) is 106 cm³/mol. The van der Waals surface area contributed by atoms with Crippen molar-refractivity contribution in [2.24, 2.45) is 22.7 Å². The third-order valence-electron chi connectivity index (χ3n) is 7.01. The lowest BCUT2D eigenvalue weighted by atomic mass is 9.47. The van der Waals surface area contributed by atoms with Crippen molar-refractivity contribution in [1.29, 1.82) is 0 Å². The van der Waals surface area contributed by atoms with Crippen molar-refractivity contribution in [2.75, 3.05) is 6.61 Å². The van der Waals surface area contributed by atoms with Crippen LogP contribution in [-0.2, 0) is 18.0 Å². The number of fused-ring (bicyclic) bond motifs is 1. The lowest BCUT2D eigenvalue weighted by molar-refractivity contribution is -0.339. The van der Waals surface area contributed by atoms with Gasteiger partial charge in [0.25, 0.3) is 7.82 Å². The first-order valence-corrected chi connectivity index (χ1v) is 13.1. The number of rotatable bonds is 8. The van der Waals surface area contributed by atoms with Gasteiger partial charge in [-0.3, -0.25) is 8.88 Å². The normalized spacial score (nSPS) is 32.5. The molecule has 2 saturated carbocycles. The van der Waals surface area contributed by atoms with Crippen LogP contribution in [0.1, 0.15) is 72.6 Å². The van der Waals surface area contributed by atoms with E-state index in [1.807, 2.05) is 6.92 Å². The molecule has 0 amide bonds. The van der Waals surface area contributed by atoms with Gasteiger partial charge < -0.3 is 23.8 Å². The van der Waals surface area contributed by atoms with Gasteiger partial charge >= 0.3 is 0 Å². The highest BCUT2D eigenvalue weighted by Crippen LogP contribution is 2.61. The van der Waals surface area contributed by atoms with Gasteiger partial charge in [0.1, 0.15) is 0 Å². The van der Waals surface area contributed by atoms with Crippen LogP contribution in [0.2, 0.25) is 0 Å². The Hall–Kier alpha value is -0.260. The molecule has 0 spiro atoms. The van der Waals surface area contributed by atoms with Crippen molar-refractivity contribution in [3.8, 4) is 0 Å². The Morgan fingerprint density at radius 2 is 1.90 bits per heavy atom. The maximum Gasteiger partial charge on any atom is 0.272 e. The molecule has 2 fully saturated rings. The molecule has 1 unspecified atom stereocenters. The van der Waals surface area contributed by atoms with E-state index < -0.39 is 15.6 Å². The molecule has 29 heavy (non-hydrogen) atoms. The molecule has 0 bridgehead atoms. The van der Waals surface area contributed by atoms with Gasteiger partial charge in [-0.1, -0.05) is 51.0 Å². The van der Waals surface area contributed by atoms with Crippen molar-refractivity contribution in [2.45, 2.75) is 72.6 Å². The summed E-state index contributed by atoms with van der Waals surface area (Å²) < 4.78 is 29.6. The quantitative estimate of drug-likeness (QED) is 0.409. The van der Waals surface area contributed by atoms with E-state index in [4.69, 9.17) is 0 Å². The molecule has 4 atom stereocenters. The Balaban J connectivity index is 1.97. The standard InChI is InChI=1S/C20H36O7P2/c1-15(11-14-26-29(24,25)27-28(21,22)23)7-9-17-16(2)8-10-18-19(3,4)12-6-13-20(17,18)5/h11,17-18H,2,6-10,12-14H2,1,3-5H3,(H,24,25)(H2,21,22,23)/p-3/b15-11+/t17-,18-,20+/m0/s1. The first kappa shape index (κ1) is 25.0. The molecule has 2 rings (SSSR count). The Labute approximate surface area is 174 Å². The summed E-state index contributed by atoms with van der Waals surface area (Å²) in [5, 5.41) is 0. The summed E-state index contributed by atoms with van der Waals surface area (Å²) in [7, 11) is -10.8. The highest BCUT2D eigenvalue weighted by molar-refractivity contribution is 7.58. The number of allylic oxidation sites excluding steroid dienone is 2. The molecule has 168 valence electrons. The van der Waals surface area contributed by atoms with Crippen LogP contribution < -0.4 is 14.7 Å². The summed E-state index contributed by atoms with van der Waals surface area (Å²) in [5.74, 6) is 1.09. The van der Waals surface area contributed by atoms with E-state index in [9.17, 15) is 23.8 Å². The molecule has 0 saturated heterocycles. The van der Waals surface area contributed by atoms with Crippen molar-refractivity contribution >= 4 is 15.6 Å². The SMILES string of the molecule is C=C1CC[C@H]2C(C)(C)CCC[C@]2(C)[C@H]1CC/C(C)=C/COP(=O)([O-])OP(=O)([O-])[O-]. The Kier molecular flexibility index (Phi) is 7.83. The topological polar surface area (TPSA) is 122 Å². The fourth-order valence-corrected chi connectivity index (χ4v) is 7.12. The number of hydrogen-bond acceptors (Lipinski definition) is 7. The van der Waals surface area contributed by atoms with E-state index in [2.05, 4.69) is 36.2 Å². The van der Waals surface area contributed by atoms with E-state index in [0.717, 1.165) is 24.8 Å². The minimum atomic E-state index is -5.65. The average molecular weight is 447 g/mol. The van der Waals surface area contributed by atoms with Gasteiger partial charge in [-0.2, -0.15) is 0 Å². The lowest BCUT2D eigenvalue weighted by Gasteiger charge is -2.58. The van der Waals surface area contributed by atoms with E-state index in [1.54, 1.807) is 6.08 Å². The van der Waals surface area contributed by atoms with Crippen LogP contribution in [-0.4, -0.2) is 6.61 Å². The van der Waals surface area contributed by atoms with Crippen molar-refractivity contribution in [1.82, 2.24) is 0 Å². The zero-order chi connectivity index (χ0) is 22.1. The molecule has 0 heterocycles. The van der Waals surface area contributed by atoms with Crippen LogP contribution in [0.15, 0.2) is 23.8 Å². The highest BCUT2D eigenvalue weighted by Gasteiger charge is 2.52. The predicted octanol–water partition coefficient (Wildman–Crippen LogP) is 3.84. The third-order valence-corrected chi connectivity index (χ3v) is 9.08. The highest BCUT2D eigenvalue weighted by atomic mass is 31.3. The fraction of sp³-hybridized carbons (Fsp3) is 0.800. The third kappa shape index (κ3) is 6.61. The summed E-state index contributed by atoms with van der Waals surface area (Å²) in [6, 6.07) is 0. The first-order valence-electron chi connectivity index (χ1n) is 10.2. The summed E-state index contributed by atoms with van der Waals surface area (Å²) in [5.41, 5.74) is 2.81. The minimum absolute atomic E-state index is 0.232. The van der Waals surface area contributed by atoms with Gasteiger partial charge in [-0.15, -0.1) is 0 Å². The second-order valence-electron chi connectivity index (χ2n) is 9.51. The number of hydrogen-bond donors (Lipinski definition) is 0. The van der Waals surface area contributed by atoms with Crippen LogP contribution in [0.5, 0.6) is 0 Å². The van der Waals surface area contributed by atoms with Crippen molar-refractivity contribution in [3.63, 3.8) is 0 Å². The Morgan fingerprint density at radius 3 is 2.52 bits per heavy atom. The second kappa shape index (κ2) is 9.08. The zero-order valence-corrected chi connectivity index (χ0v) is 19.6. The molecule has 0 aliphatic heterocycles. The molecular weight excluding hydrogens is 414 g/mol. The summed E-state index contributed by atoms with van der Waals surface area (Å²) in [6.07, 6.45) is 9.23. The molecule has 0 radical (unpaired) electrons. The van der Waals surface area contributed by atoms with Gasteiger partial charge in [-0.25, -0.2) is 0 Å². The lowest BCUT2D eigenvalue weighted by Crippen LogP contribution is -2.49. The molecule has 2 aliphatic rings. The fourth-order valence-electron chi connectivity index (χ4n) is 5.70.